The molecule has 1 radical (unpaired) electrons. The van der Waals surface area contributed by atoms with Gasteiger partial charge in [-0.15, -0.1) is 0 Å². The second kappa shape index (κ2) is 7.37. The second-order valence-electron chi connectivity index (χ2n) is 1.73. The summed E-state index contributed by atoms with van der Waals surface area (Å²) in [5.41, 5.74) is 0.995. The van der Waals surface area contributed by atoms with Gasteiger partial charge in [0.05, 0.1) is 0 Å². The number of hydrogen-bond donors (Lipinski definition) is 0. The van der Waals surface area contributed by atoms with E-state index in [0.717, 1.165) is 10.6 Å². The third-order valence-electron chi connectivity index (χ3n) is 0.913. The topological polar surface area (TPSA) is 0 Å². The van der Waals surface area contributed by atoms with E-state index in [1.54, 1.807) is 0 Å². The van der Waals surface area contributed by atoms with E-state index in [2.05, 4.69) is 6.92 Å². The summed E-state index contributed by atoms with van der Waals surface area (Å²) in [5.74, 6) is 0. The molecule has 0 aliphatic heterocycles. The second-order valence-corrected chi connectivity index (χ2v) is 6.79. The molecule has 0 aromatic heterocycles. The van der Waals surface area contributed by atoms with Gasteiger partial charge in [-0.3, -0.25) is 0 Å². The van der Waals surface area contributed by atoms with Crippen LogP contribution in [0.5, 0.6) is 0 Å². The van der Waals surface area contributed by atoms with Gasteiger partial charge in [0.25, 0.3) is 0 Å². The molecule has 0 bridgehead atoms. The molecule has 4 heteroatoms. The third-order valence-corrected chi connectivity index (χ3v) is 1.17. The van der Waals surface area contributed by atoms with Crippen LogP contribution in [0.3, 0.4) is 0 Å². The molecule has 1 rings (SSSR count). The molecule has 1 aromatic carbocycles. The molecular formula is C7H6Cl3Zn. The van der Waals surface area contributed by atoms with Crippen molar-refractivity contribution in [2.75, 3.05) is 0 Å². The molecule has 0 fully saturated rings. The first kappa shape index (κ1) is 11.7. The van der Waals surface area contributed by atoms with Crippen LogP contribution in [0.1, 0.15) is 5.56 Å². The molecule has 0 saturated carbocycles. The van der Waals surface area contributed by atoms with E-state index in [1.165, 1.54) is 0 Å². The van der Waals surface area contributed by atoms with Crippen LogP contribution in [0.4, 0.5) is 0 Å². The van der Waals surface area contributed by atoms with Crippen molar-refractivity contribution in [3.05, 3.63) is 41.8 Å². The van der Waals surface area contributed by atoms with Gasteiger partial charge in [0.1, 0.15) is 0 Å². The van der Waals surface area contributed by atoms with E-state index in [0.29, 0.717) is 0 Å². The minimum absolute atomic E-state index is 0.761. The van der Waals surface area contributed by atoms with Crippen molar-refractivity contribution in [1.82, 2.24) is 0 Å². The van der Waals surface area contributed by atoms with Crippen molar-refractivity contribution >= 4 is 31.0 Å². The van der Waals surface area contributed by atoms with E-state index >= 15 is 0 Å². The molecular weight excluding hydrogens is 256 g/mol. The molecule has 1 aromatic rings. The number of rotatable bonds is 0. The van der Waals surface area contributed by atoms with Gasteiger partial charge < -0.3 is 0 Å². The first-order valence-electron chi connectivity index (χ1n) is 2.90. The monoisotopic (exact) mass is 259 g/mol. The number of halogens is 3. The summed E-state index contributed by atoms with van der Waals surface area (Å²) in [6.45, 7) is 3.70. The van der Waals surface area contributed by atoms with Crippen LogP contribution in [0.15, 0.2) is 24.3 Å². The van der Waals surface area contributed by atoms with E-state index in [1.807, 2.05) is 24.3 Å². The molecule has 0 heterocycles. The molecule has 0 saturated heterocycles. The summed E-state index contributed by atoms with van der Waals surface area (Å²) in [5, 5.41) is 0.761. The van der Waals surface area contributed by atoms with Gasteiger partial charge in [0, 0.05) is 5.02 Å². The van der Waals surface area contributed by atoms with Crippen LogP contribution < -0.4 is 0 Å². The average molecular weight is 262 g/mol. The maximum absolute atomic E-state index is 5.58. The standard InChI is InChI=1S/C7H6Cl.2ClH.Zn/c1-6-2-4-7(8)5-3-6;;;/h2-5H,1H2;2*1H;/q;;;+2/p-2. The van der Waals surface area contributed by atoms with Crippen LogP contribution in [0, 0.1) is 6.92 Å². The molecule has 11 heavy (non-hydrogen) atoms. The minimum atomic E-state index is -0.931. The Balaban J connectivity index is 0.000000292. The van der Waals surface area contributed by atoms with Gasteiger partial charge in [0.15, 0.2) is 0 Å². The molecule has 0 nitrogen and oxygen atoms in total. The van der Waals surface area contributed by atoms with E-state index in [4.69, 9.17) is 31.0 Å². The summed E-state index contributed by atoms with van der Waals surface area (Å²) < 4.78 is 0. The van der Waals surface area contributed by atoms with Crippen molar-refractivity contribution in [2.45, 2.75) is 0 Å². The van der Waals surface area contributed by atoms with Gasteiger partial charge in [-0.1, -0.05) is 23.7 Å². The summed E-state index contributed by atoms with van der Waals surface area (Å²) in [6, 6.07) is 7.40. The summed E-state index contributed by atoms with van der Waals surface area (Å²) in [6.07, 6.45) is 0. The Morgan fingerprint density at radius 2 is 1.45 bits per heavy atom. The van der Waals surface area contributed by atoms with Gasteiger partial charge in [-0.25, -0.2) is 0 Å². The van der Waals surface area contributed by atoms with Crippen LogP contribution in [0.25, 0.3) is 0 Å². The van der Waals surface area contributed by atoms with Crippen LogP contribution >= 0.6 is 31.0 Å². The zero-order valence-corrected chi connectivity index (χ0v) is 11.1. The van der Waals surface area contributed by atoms with Gasteiger partial charge in [-0.2, -0.15) is 0 Å². The quantitative estimate of drug-likeness (QED) is 0.622. The Hall–Kier alpha value is 0.713. The first-order valence-corrected chi connectivity index (χ1v) is 11.1. The van der Waals surface area contributed by atoms with Crippen molar-refractivity contribution in [2.24, 2.45) is 0 Å². The predicted octanol–water partition coefficient (Wildman–Crippen LogP) is 3.90. The fourth-order valence-electron chi connectivity index (χ4n) is 0.484. The zero-order valence-electron chi connectivity index (χ0n) is 5.86. The molecule has 0 aliphatic carbocycles. The van der Waals surface area contributed by atoms with Crippen LogP contribution in [0.2, 0.25) is 5.02 Å². The molecule has 0 unspecified atom stereocenters. The Morgan fingerprint density at radius 3 is 1.73 bits per heavy atom. The molecule has 57 valence electrons. The van der Waals surface area contributed by atoms with E-state index in [9.17, 15) is 0 Å². The first-order chi connectivity index (χ1) is 5.20. The van der Waals surface area contributed by atoms with Gasteiger partial charge in [-0.05, 0) is 24.6 Å². The fourth-order valence-corrected chi connectivity index (χ4v) is 0.610. The van der Waals surface area contributed by atoms with Crippen molar-refractivity contribution < 1.29 is 15.1 Å². The summed E-state index contributed by atoms with van der Waals surface area (Å²) in [4.78, 5) is 0. The van der Waals surface area contributed by atoms with E-state index < -0.39 is 15.1 Å². The van der Waals surface area contributed by atoms with Crippen LogP contribution in [-0.4, -0.2) is 0 Å². The molecule has 0 N–H and O–H groups in total. The number of hydrogen-bond acceptors (Lipinski definition) is 0. The van der Waals surface area contributed by atoms with Crippen molar-refractivity contribution in [3.63, 3.8) is 0 Å². The Bertz CT molecular complexity index is 164. The number of benzene rings is 1. The van der Waals surface area contributed by atoms with E-state index in [-0.39, 0.29) is 0 Å². The molecule has 0 spiro atoms. The Morgan fingerprint density at radius 1 is 1.09 bits per heavy atom. The third kappa shape index (κ3) is 7.09. The zero-order chi connectivity index (χ0) is 8.69. The Labute approximate surface area is 87.5 Å². The van der Waals surface area contributed by atoms with Crippen molar-refractivity contribution in [3.8, 4) is 0 Å². The van der Waals surface area contributed by atoms with Crippen LogP contribution in [-0.2, 0) is 15.1 Å². The molecule has 0 atom stereocenters. The van der Waals surface area contributed by atoms with Crippen molar-refractivity contribution in [1.29, 1.82) is 0 Å². The maximum atomic E-state index is 5.58. The fraction of sp³-hybridized carbons (Fsp3) is 0. The Kier molecular flexibility index (Phi) is 7.84. The summed E-state index contributed by atoms with van der Waals surface area (Å²) >= 11 is 4.65. The predicted molar refractivity (Wildman–Crippen MR) is 47.6 cm³/mol. The normalized spacial score (nSPS) is 7.64. The molecule has 0 amide bonds. The van der Waals surface area contributed by atoms with Gasteiger partial charge in [0.2, 0.25) is 0 Å². The summed E-state index contributed by atoms with van der Waals surface area (Å²) in [7, 11) is 9.90. The van der Waals surface area contributed by atoms with Gasteiger partial charge >= 0.3 is 34.5 Å². The average Bonchev–Trinajstić information content (AvgIpc) is 1.97. The SMILES string of the molecule is [CH2]c1ccc(Cl)cc1.[Cl][Zn][Cl]. The molecule has 0 aliphatic rings.